The zero-order chi connectivity index (χ0) is 19.6. The van der Waals surface area contributed by atoms with Gasteiger partial charge in [-0.25, -0.2) is 4.79 Å². The van der Waals surface area contributed by atoms with Crippen molar-refractivity contribution in [3.8, 4) is 5.75 Å². The highest BCUT2D eigenvalue weighted by Gasteiger charge is 2.23. The monoisotopic (exact) mass is 376 g/mol. The van der Waals surface area contributed by atoms with E-state index in [-0.39, 0.29) is 6.09 Å². The fourth-order valence-corrected chi connectivity index (χ4v) is 3.13. The number of nitrogens with one attached hydrogen (secondary N) is 1. The SMILES string of the molecule is CCNC(=NCCc1cc(C)ccc1OC)N1CCN(C(=O)OCC)CC1. The molecule has 1 aliphatic rings. The summed E-state index contributed by atoms with van der Waals surface area (Å²) in [4.78, 5) is 20.6. The highest BCUT2D eigenvalue weighted by molar-refractivity contribution is 5.80. The molecule has 0 unspecified atom stereocenters. The number of amides is 1. The number of methoxy groups -OCH3 is 1. The third-order valence-electron chi connectivity index (χ3n) is 4.52. The molecular formula is C20H32N4O3. The van der Waals surface area contributed by atoms with Crippen LogP contribution in [-0.2, 0) is 11.2 Å². The van der Waals surface area contributed by atoms with Gasteiger partial charge in [-0.2, -0.15) is 0 Å². The van der Waals surface area contributed by atoms with Crippen molar-refractivity contribution in [3.63, 3.8) is 0 Å². The van der Waals surface area contributed by atoms with Crippen molar-refractivity contribution in [2.45, 2.75) is 27.2 Å². The summed E-state index contributed by atoms with van der Waals surface area (Å²) in [6.45, 7) is 10.7. The van der Waals surface area contributed by atoms with E-state index in [1.807, 2.05) is 13.0 Å². The smallest absolute Gasteiger partial charge is 0.409 e. The van der Waals surface area contributed by atoms with E-state index < -0.39 is 0 Å². The summed E-state index contributed by atoms with van der Waals surface area (Å²) in [5, 5.41) is 3.36. The molecule has 1 aromatic carbocycles. The van der Waals surface area contributed by atoms with Crippen molar-refractivity contribution in [2.24, 2.45) is 4.99 Å². The van der Waals surface area contributed by atoms with Crippen molar-refractivity contribution in [1.29, 1.82) is 0 Å². The van der Waals surface area contributed by atoms with Crippen LogP contribution in [0, 0.1) is 6.92 Å². The van der Waals surface area contributed by atoms with Gasteiger partial charge in [0.1, 0.15) is 5.75 Å². The number of piperazine rings is 1. The molecule has 0 aliphatic carbocycles. The summed E-state index contributed by atoms with van der Waals surface area (Å²) in [6, 6.07) is 6.21. The highest BCUT2D eigenvalue weighted by Crippen LogP contribution is 2.20. The van der Waals surface area contributed by atoms with Gasteiger partial charge in [-0.05, 0) is 38.8 Å². The fraction of sp³-hybridized carbons (Fsp3) is 0.600. The van der Waals surface area contributed by atoms with Gasteiger partial charge < -0.3 is 24.6 Å². The van der Waals surface area contributed by atoms with Crippen LogP contribution in [0.4, 0.5) is 4.79 Å². The fourth-order valence-electron chi connectivity index (χ4n) is 3.13. The Morgan fingerprint density at radius 1 is 1.19 bits per heavy atom. The van der Waals surface area contributed by atoms with E-state index in [9.17, 15) is 4.79 Å². The van der Waals surface area contributed by atoms with Crippen LogP contribution in [0.25, 0.3) is 0 Å². The molecule has 0 saturated carbocycles. The number of ether oxygens (including phenoxy) is 2. The standard InChI is InChI=1S/C20H32N4O3/c1-5-21-19(23-11-13-24(14-12-23)20(25)27-6-2)22-10-9-17-15-16(3)7-8-18(17)26-4/h7-8,15H,5-6,9-14H2,1-4H3,(H,21,22). The van der Waals surface area contributed by atoms with Crippen molar-refractivity contribution < 1.29 is 14.3 Å². The van der Waals surface area contributed by atoms with Crippen molar-refractivity contribution in [2.75, 3.05) is 53.0 Å². The molecule has 150 valence electrons. The first-order chi connectivity index (χ1) is 13.1. The van der Waals surface area contributed by atoms with Crippen LogP contribution >= 0.6 is 0 Å². The zero-order valence-corrected chi connectivity index (χ0v) is 17.0. The molecule has 7 heteroatoms. The minimum absolute atomic E-state index is 0.231. The second kappa shape index (κ2) is 10.6. The van der Waals surface area contributed by atoms with E-state index in [0.29, 0.717) is 26.2 Å². The Labute approximate surface area is 162 Å². The largest absolute Gasteiger partial charge is 0.496 e. The number of hydrogen-bond acceptors (Lipinski definition) is 4. The summed E-state index contributed by atoms with van der Waals surface area (Å²) in [6.07, 6.45) is 0.591. The molecule has 1 saturated heterocycles. The Balaban J connectivity index is 1.95. The molecule has 27 heavy (non-hydrogen) atoms. The first-order valence-electron chi connectivity index (χ1n) is 9.67. The lowest BCUT2D eigenvalue weighted by atomic mass is 10.1. The van der Waals surface area contributed by atoms with E-state index in [0.717, 1.165) is 37.8 Å². The Bertz CT molecular complexity index is 640. The summed E-state index contributed by atoms with van der Waals surface area (Å²) < 4.78 is 10.5. The second-order valence-corrected chi connectivity index (χ2v) is 6.47. The van der Waals surface area contributed by atoms with E-state index >= 15 is 0 Å². The number of carbonyl (C=O) groups excluding carboxylic acids is 1. The van der Waals surface area contributed by atoms with Gasteiger partial charge >= 0.3 is 6.09 Å². The van der Waals surface area contributed by atoms with Crippen LogP contribution in [0.15, 0.2) is 23.2 Å². The minimum atomic E-state index is -0.231. The number of nitrogens with zero attached hydrogens (tertiary/aromatic N) is 3. The molecule has 0 aromatic heterocycles. The average Bonchev–Trinajstić information content (AvgIpc) is 2.68. The van der Waals surface area contributed by atoms with Gasteiger partial charge in [0, 0.05) is 39.3 Å². The molecule has 2 rings (SSSR count). The summed E-state index contributed by atoms with van der Waals surface area (Å²) in [5.74, 6) is 1.80. The maximum atomic E-state index is 11.8. The third kappa shape index (κ3) is 6.05. The number of carbonyl (C=O) groups is 1. The Morgan fingerprint density at radius 3 is 2.52 bits per heavy atom. The van der Waals surface area contributed by atoms with Gasteiger partial charge in [-0.3, -0.25) is 4.99 Å². The van der Waals surface area contributed by atoms with Gasteiger partial charge in [-0.15, -0.1) is 0 Å². The first-order valence-corrected chi connectivity index (χ1v) is 9.67. The lowest BCUT2D eigenvalue weighted by Crippen LogP contribution is -2.54. The Morgan fingerprint density at radius 2 is 1.89 bits per heavy atom. The maximum Gasteiger partial charge on any atom is 0.409 e. The average molecular weight is 377 g/mol. The maximum absolute atomic E-state index is 11.8. The normalized spacial score (nSPS) is 14.9. The van der Waals surface area contributed by atoms with E-state index in [4.69, 9.17) is 14.5 Å². The zero-order valence-electron chi connectivity index (χ0n) is 17.0. The second-order valence-electron chi connectivity index (χ2n) is 6.47. The van der Waals surface area contributed by atoms with Crippen LogP contribution < -0.4 is 10.1 Å². The Hall–Kier alpha value is -2.44. The number of benzene rings is 1. The topological polar surface area (TPSA) is 66.4 Å². The molecule has 0 atom stereocenters. The van der Waals surface area contributed by atoms with Gasteiger partial charge in [0.05, 0.1) is 13.7 Å². The Kier molecular flexibility index (Phi) is 8.23. The first kappa shape index (κ1) is 20.9. The van der Waals surface area contributed by atoms with E-state index in [1.165, 1.54) is 11.1 Å². The summed E-state index contributed by atoms with van der Waals surface area (Å²) in [7, 11) is 1.70. The van der Waals surface area contributed by atoms with Gasteiger partial charge in [0.25, 0.3) is 0 Å². The van der Waals surface area contributed by atoms with Crippen molar-refractivity contribution in [1.82, 2.24) is 15.1 Å². The molecule has 1 aromatic rings. The predicted octanol–water partition coefficient (Wildman–Crippen LogP) is 2.29. The predicted molar refractivity (Wildman–Crippen MR) is 108 cm³/mol. The van der Waals surface area contributed by atoms with E-state index in [1.54, 1.807) is 12.0 Å². The number of hydrogen-bond donors (Lipinski definition) is 1. The molecule has 0 bridgehead atoms. The molecule has 1 aliphatic heterocycles. The van der Waals surface area contributed by atoms with Crippen molar-refractivity contribution in [3.05, 3.63) is 29.3 Å². The molecule has 1 amide bonds. The van der Waals surface area contributed by atoms with Crippen LogP contribution in [-0.4, -0.2) is 74.8 Å². The molecule has 1 N–H and O–H groups in total. The quantitative estimate of drug-likeness (QED) is 0.609. The number of aliphatic imine (C=N–C) groups is 1. The van der Waals surface area contributed by atoms with E-state index in [2.05, 4.69) is 36.2 Å². The summed E-state index contributed by atoms with van der Waals surface area (Å²) in [5.41, 5.74) is 2.39. The van der Waals surface area contributed by atoms with Crippen LogP contribution in [0.1, 0.15) is 25.0 Å². The van der Waals surface area contributed by atoms with Gasteiger partial charge in [0.15, 0.2) is 5.96 Å². The number of rotatable bonds is 6. The molecule has 7 nitrogen and oxygen atoms in total. The highest BCUT2D eigenvalue weighted by atomic mass is 16.6. The number of aryl methyl sites for hydroxylation is 1. The minimum Gasteiger partial charge on any atom is -0.496 e. The lowest BCUT2D eigenvalue weighted by Gasteiger charge is -2.35. The molecule has 0 radical (unpaired) electrons. The summed E-state index contributed by atoms with van der Waals surface area (Å²) >= 11 is 0. The lowest BCUT2D eigenvalue weighted by molar-refractivity contribution is 0.0914. The molecular weight excluding hydrogens is 344 g/mol. The van der Waals surface area contributed by atoms with Gasteiger partial charge in [0.2, 0.25) is 0 Å². The third-order valence-corrected chi connectivity index (χ3v) is 4.52. The molecule has 1 fully saturated rings. The van der Waals surface area contributed by atoms with Gasteiger partial charge in [-0.1, -0.05) is 17.7 Å². The molecule has 1 heterocycles. The van der Waals surface area contributed by atoms with Crippen LogP contribution in [0.5, 0.6) is 5.75 Å². The van der Waals surface area contributed by atoms with Crippen LogP contribution in [0.3, 0.4) is 0 Å². The van der Waals surface area contributed by atoms with Crippen molar-refractivity contribution >= 4 is 12.1 Å². The van der Waals surface area contributed by atoms with Crippen LogP contribution in [0.2, 0.25) is 0 Å². The number of guanidine groups is 1. The molecule has 0 spiro atoms.